The number of amides is 1. The van der Waals surface area contributed by atoms with Crippen LogP contribution >= 0.6 is 11.6 Å². The van der Waals surface area contributed by atoms with Crippen molar-refractivity contribution >= 4 is 27.3 Å². The van der Waals surface area contributed by atoms with Gasteiger partial charge in [0, 0.05) is 35.8 Å². The number of nitrogens with two attached hydrogens (primary N) is 1. The molecule has 1 fully saturated rings. The molecule has 1 aliphatic rings. The van der Waals surface area contributed by atoms with Gasteiger partial charge in [0.1, 0.15) is 0 Å². The first-order valence-electron chi connectivity index (χ1n) is 11.3. The van der Waals surface area contributed by atoms with Crippen molar-refractivity contribution in [1.29, 1.82) is 0 Å². The van der Waals surface area contributed by atoms with Gasteiger partial charge in [0.15, 0.2) is 9.84 Å². The number of benzene rings is 2. The number of rotatable bonds is 8. The molecule has 2 aromatic rings. The second kappa shape index (κ2) is 10.9. The van der Waals surface area contributed by atoms with Crippen LogP contribution in [0, 0.1) is 0 Å². The molecular weight excluding hydrogens is 503 g/mol. The molecule has 3 N–H and O–H groups in total. The summed E-state index contributed by atoms with van der Waals surface area (Å²) in [6.07, 6.45) is -2.91. The molecule has 1 heterocycles. The van der Waals surface area contributed by atoms with E-state index >= 15 is 0 Å². The van der Waals surface area contributed by atoms with Crippen LogP contribution in [0.1, 0.15) is 59.8 Å². The van der Waals surface area contributed by atoms with E-state index in [4.69, 9.17) is 17.3 Å². The number of nitrogens with zero attached hydrogens (tertiary/aromatic N) is 1. The number of halogens is 4. The first-order chi connectivity index (χ1) is 16.4. The SMILES string of the molecule is CCS(=O)(=O)c1ccc(Cl)cc1CNC(=O)c1ccc([C@@H](CN)N2CCCC2C)c(C(F)(F)F)c1. The molecule has 3 rings (SSSR count). The van der Waals surface area contributed by atoms with Crippen molar-refractivity contribution in [3.05, 3.63) is 63.7 Å². The summed E-state index contributed by atoms with van der Waals surface area (Å²) in [5.74, 6) is -0.912. The van der Waals surface area contributed by atoms with Gasteiger partial charge in [-0.1, -0.05) is 24.6 Å². The Morgan fingerprint density at radius 2 is 1.97 bits per heavy atom. The smallest absolute Gasteiger partial charge is 0.348 e. The molecule has 0 aliphatic carbocycles. The summed E-state index contributed by atoms with van der Waals surface area (Å²) in [6.45, 7) is 3.92. The minimum Gasteiger partial charge on any atom is -0.348 e. The largest absolute Gasteiger partial charge is 0.416 e. The van der Waals surface area contributed by atoms with Gasteiger partial charge >= 0.3 is 6.18 Å². The number of nitrogens with one attached hydrogen (secondary N) is 1. The fourth-order valence-corrected chi connectivity index (χ4v) is 5.83. The molecule has 2 atom stereocenters. The van der Waals surface area contributed by atoms with E-state index in [9.17, 15) is 26.4 Å². The Morgan fingerprint density at radius 1 is 1.26 bits per heavy atom. The second-order valence-electron chi connectivity index (χ2n) is 8.62. The van der Waals surface area contributed by atoms with Crippen molar-refractivity contribution in [2.45, 2.75) is 56.4 Å². The fraction of sp³-hybridized carbons (Fsp3) is 0.458. The average Bonchev–Trinajstić information content (AvgIpc) is 3.22. The van der Waals surface area contributed by atoms with E-state index < -0.39 is 33.5 Å². The highest BCUT2D eigenvalue weighted by molar-refractivity contribution is 7.91. The third kappa shape index (κ3) is 6.17. The Kier molecular flexibility index (Phi) is 8.52. The predicted molar refractivity (Wildman–Crippen MR) is 129 cm³/mol. The highest BCUT2D eigenvalue weighted by atomic mass is 35.5. The van der Waals surface area contributed by atoms with E-state index in [0.717, 1.165) is 18.9 Å². The van der Waals surface area contributed by atoms with Gasteiger partial charge in [0.2, 0.25) is 0 Å². The van der Waals surface area contributed by atoms with Crippen molar-refractivity contribution in [1.82, 2.24) is 10.2 Å². The highest BCUT2D eigenvalue weighted by Gasteiger charge is 2.38. The maximum absolute atomic E-state index is 14.0. The number of carbonyl (C=O) groups is 1. The molecule has 0 aromatic heterocycles. The molecule has 1 unspecified atom stereocenters. The minimum atomic E-state index is -4.68. The van der Waals surface area contributed by atoms with Gasteiger partial charge in [0.05, 0.1) is 16.2 Å². The normalized spacial score (nSPS) is 18.0. The zero-order chi connectivity index (χ0) is 26.0. The van der Waals surface area contributed by atoms with Gasteiger partial charge in [-0.25, -0.2) is 8.42 Å². The predicted octanol–water partition coefficient (Wildman–Crippen LogP) is 4.57. The molecule has 6 nitrogen and oxygen atoms in total. The van der Waals surface area contributed by atoms with Crippen molar-refractivity contribution < 1.29 is 26.4 Å². The van der Waals surface area contributed by atoms with Crippen LogP contribution in [0.2, 0.25) is 5.02 Å². The van der Waals surface area contributed by atoms with E-state index in [1.807, 2.05) is 11.8 Å². The zero-order valence-corrected chi connectivity index (χ0v) is 21.1. The van der Waals surface area contributed by atoms with Gasteiger partial charge in [0.25, 0.3) is 5.91 Å². The molecule has 0 spiro atoms. The Labute approximate surface area is 208 Å². The van der Waals surface area contributed by atoms with Crippen LogP contribution in [-0.2, 0) is 22.6 Å². The molecule has 0 radical (unpaired) electrons. The van der Waals surface area contributed by atoms with Crippen molar-refractivity contribution in [3.63, 3.8) is 0 Å². The van der Waals surface area contributed by atoms with Crippen LogP contribution in [0.5, 0.6) is 0 Å². The maximum Gasteiger partial charge on any atom is 0.416 e. The molecule has 11 heteroatoms. The highest BCUT2D eigenvalue weighted by Crippen LogP contribution is 2.38. The first-order valence-corrected chi connectivity index (χ1v) is 13.4. The summed E-state index contributed by atoms with van der Waals surface area (Å²) < 4.78 is 66.8. The molecule has 2 aromatic carbocycles. The third-order valence-electron chi connectivity index (χ3n) is 6.38. The van der Waals surface area contributed by atoms with E-state index in [-0.39, 0.29) is 51.5 Å². The van der Waals surface area contributed by atoms with E-state index in [1.54, 1.807) is 0 Å². The van der Waals surface area contributed by atoms with Crippen LogP contribution in [0.4, 0.5) is 13.2 Å². The Morgan fingerprint density at radius 3 is 2.54 bits per heavy atom. The van der Waals surface area contributed by atoms with E-state index in [0.29, 0.717) is 6.54 Å². The zero-order valence-electron chi connectivity index (χ0n) is 19.5. The maximum atomic E-state index is 14.0. The van der Waals surface area contributed by atoms with E-state index in [1.165, 1.54) is 37.3 Å². The van der Waals surface area contributed by atoms with Gasteiger partial charge in [-0.05, 0) is 67.8 Å². The van der Waals surface area contributed by atoms with Crippen molar-refractivity contribution in [2.24, 2.45) is 5.73 Å². The number of hydrogen-bond acceptors (Lipinski definition) is 5. The van der Waals surface area contributed by atoms with Gasteiger partial charge in [-0.2, -0.15) is 13.2 Å². The molecule has 1 amide bonds. The molecular formula is C24H29ClF3N3O3S. The van der Waals surface area contributed by atoms with Crippen LogP contribution in [-0.4, -0.2) is 44.1 Å². The minimum absolute atomic E-state index is 0.0153. The van der Waals surface area contributed by atoms with E-state index in [2.05, 4.69) is 5.32 Å². The fourth-order valence-electron chi connectivity index (χ4n) is 4.52. The molecule has 192 valence electrons. The Balaban J connectivity index is 1.90. The van der Waals surface area contributed by atoms with Gasteiger partial charge in [-0.3, -0.25) is 9.69 Å². The first kappa shape index (κ1) is 27.4. The topological polar surface area (TPSA) is 92.5 Å². The van der Waals surface area contributed by atoms with Crippen LogP contribution in [0.15, 0.2) is 41.3 Å². The van der Waals surface area contributed by atoms with Crippen LogP contribution in [0.25, 0.3) is 0 Å². The summed E-state index contributed by atoms with van der Waals surface area (Å²) in [4.78, 5) is 14.8. The molecule has 1 aliphatic heterocycles. The number of hydrogen-bond donors (Lipinski definition) is 2. The Hall–Kier alpha value is -2.14. The lowest BCUT2D eigenvalue weighted by molar-refractivity contribution is -0.138. The lowest BCUT2D eigenvalue weighted by Crippen LogP contribution is -2.37. The van der Waals surface area contributed by atoms with Gasteiger partial charge < -0.3 is 11.1 Å². The summed E-state index contributed by atoms with van der Waals surface area (Å²) in [5.41, 5.74) is 5.10. The number of alkyl halides is 3. The Bertz CT molecular complexity index is 1190. The number of carbonyl (C=O) groups excluding carboxylic acids is 1. The monoisotopic (exact) mass is 531 g/mol. The third-order valence-corrected chi connectivity index (χ3v) is 8.45. The second-order valence-corrected chi connectivity index (χ2v) is 11.3. The molecule has 0 saturated carbocycles. The average molecular weight is 532 g/mol. The summed E-state index contributed by atoms with van der Waals surface area (Å²) in [7, 11) is -3.59. The van der Waals surface area contributed by atoms with Crippen molar-refractivity contribution in [2.75, 3.05) is 18.8 Å². The lowest BCUT2D eigenvalue weighted by Gasteiger charge is -2.32. The quantitative estimate of drug-likeness (QED) is 0.521. The number of sulfone groups is 1. The summed E-state index contributed by atoms with van der Waals surface area (Å²) >= 11 is 5.99. The molecule has 35 heavy (non-hydrogen) atoms. The van der Waals surface area contributed by atoms with Gasteiger partial charge in [-0.15, -0.1) is 0 Å². The standard InChI is InChI=1S/C24H29ClF3N3O3S/c1-3-35(33,34)22-9-7-18(25)11-17(22)14-30-23(32)16-6-8-19(20(12-16)24(26,27)28)21(13-29)31-10-4-5-15(31)2/h6-9,11-12,15,21H,3-5,10,13-14,29H2,1-2H3,(H,30,32)/t15?,21-/m1/s1. The van der Waals surface area contributed by atoms with Crippen LogP contribution < -0.4 is 11.1 Å². The lowest BCUT2D eigenvalue weighted by atomic mass is 9.95. The molecule has 0 bridgehead atoms. The summed E-state index contributed by atoms with van der Waals surface area (Å²) in [6, 6.07) is 7.17. The molecule has 1 saturated heterocycles. The summed E-state index contributed by atoms with van der Waals surface area (Å²) in [5, 5.41) is 2.79. The van der Waals surface area contributed by atoms with Crippen molar-refractivity contribution in [3.8, 4) is 0 Å². The number of likely N-dealkylation sites (tertiary alicyclic amines) is 1. The van der Waals surface area contributed by atoms with Crippen LogP contribution in [0.3, 0.4) is 0 Å².